The van der Waals surface area contributed by atoms with Gasteiger partial charge in [0.05, 0.1) is 13.1 Å². The van der Waals surface area contributed by atoms with E-state index in [4.69, 9.17) is 20.2 Å². The van der Waals surface area contributed by atoms with Gasteiger partial charge in [-0.15, -0.1) is 0 Å². The van der Waals surface area contributed by atoms with Gasteiger partial charge >= 0.3 is 13.1 Å². The third kappa shape index (κ3) is 2.03. The molecule has 0 saturated heterocycles. The number of allylic oxidation sites excluding steroid dienone is 1. The average Bonchev–Trinajstić information content (AvgIpc) is 2.29. The Labute approximate surface area is 98.8 Å². The van der Waals surface area contributed by atoms with E-state index in [0.717, 1.165) is 5.57 Å². The number of ether oxygens (including phenoxy) is 1. The van der Waals surface area contributed by atoms with Gasteiger partial charge in [0.2, 0.25) is 0 Å². The van der Waals surface area contributed by atoms with E-state index >= 15 is 0 Å². The molecule has 0 aromatic carbocycles. The van der Waals surface area contributed by atoms with Crippen LogP contribution in [0.4, 0.5) is 0 Å². The van der Waals surface area contributed by atoms with E-state index < -0.39 is 19.0 Å². The third-order valence-electron chi connectivity index (χ3n) is 3.03. The molecular weight excluding hydrogens is 225 g/mol. The monoisotopic (exact) mass is 239 g/mol. The minimum Gasteiger partial charge on any atom is -0.534 e. The van der Waals surface area contributed by atoms with Crippen LogP contribution in [-0.2, 0) is 14.2 Å². The zero-order chi connectivity index (χ0) is 12.6. The molecule has 17 heavy (non-hydrogen) atoms. The van der Waals surface area contributed by atoms with Gasteiger partial charge in [-0.25, -0.2) is 4.79 Å². The maximum atomic E-state index is 11.2. The van der Waals surface area contributed by atoms with Gasteiger partial charge in [-0.1, -0.05) is 0 Å². The average molecular weight is 239 g/mol. The standard InChI is InChI=1S/C10H14BNO5/c1-16-6-3-2-5-4-7(12)11(15)17-9(5)8(6)10(13)14/h7,15H,2-4,12H2,1H3,(H,13,14)/t7-/m0/s1. The fourth-order valence-corrected chi connectivity index (χ4v) is 2.16. The lowest BCUT2D eigenvalue weighted by Crippen LogP contribution is -2.45. The predicted octanol–water partition coefficient (Wildman–Crippen LogP) is -0.213. The zero-order valence-electron chi connectivity index (χ0n) is 9.47. The summed E-state index contributed by atoms with van der Waals surface area (Å²) in [4.78, 5) is 11.2. The van der Waals surface area contributed by atoms with Gasteiger partial charge in [-0.2, -0.15) is 0 Å². The number of carbonyl (C=O) groups is 1. The number of hydrogen-bond acceptors (Lipinski definition) is 5. The van der Waals surface area contributed by atoms with E-state index in [2.05, 4.69) is 0 Å². The van der Waals surface area contributed by atoms with Gasteiger partial charge in [0.1, 0.15) is 17.1 Å². The fraction of sp³-hybridized carbons (Fsp3) is 0.500. The highest BCUT2D eigenvalue weighted by molar-refractivity contribution is 6.45. The third-order valence-corrected chi connectivity index (χ3v) is 3.03. The molecule has 92 valence electrons. The van der Waals surface area contributed by atoms with Crippen LogP contribution in [0.5, 0.6) is 0 Å². The van der Waals surface area contributed by atoms with Crippen LogP contribution < -0.4 is 5.73 Å². The predicted molar refractivity (Wildman–Crippen MR) is 59.6 cm³/mol. The largest absolute Gasteiger partial charge is 0.540 e. The highest BCUT2D eigenvalue weighted by Gasteiger charge is 2.39. The molecule has 0 fully saturated rings. The molecular formula is C10H14BNO5. The molecule has 7 heteroatoms. The van der Waals surface area contributed by atoms with Crippen LogP contribution >= 0.6 is 0 Å². The second-order valence-corrected chi connectivity index (χ2v) is 4.12. The number of rotatable bonds is 2. The maximum absolute atomic E-state index is 11.2. The van der Waals surface area contributed by atoms with Gasteiger partial charge in [0, 0.05) is 6.42 Å². The zero-order valence-corrected chi connectivity index (χ0v) is 9.47. The normalized spacial score (nSPS) is 24.4. The van der Waals surface area contributed by atoms with Crippen molar-refractivity contribution in [2.75, 3.05) is 7.11 Å². The number of hydrogen-bond donors (Lipinski definition) is 3. The summed E-state index contributed by atoms with van der Waals surface area (Å²) in [6.07, 6.45) is 1.61. The van der Waals surface area contributed by atoms with E-state index in [9.17, 15) is 9.82 Å². The minimum atomic E-state index is -1.17. The smallest absolute Gasteiger partial charge is 0.534 e. The first-order valence-corrected chi connectivity index (χ1v) is 5.37. The Morgan fingerprint density at radius 2 is 2.29 bits per heavy atom. The van der Waals surface area contributed by atoms with Gasteiger partial charge in [-0.05, 0) is 18.4 Å². The van der Waals surface area contributed by atoms with Crippen LogP contribution in [0.25, 0.3) is 0 Å². The summed E-state index contributed by atoms with van der Waals surface area (Å²) in [5.74, 6) is -1.03. The van der Waals surface area contributed by atoms with E-state index in [1.807, 2.05) is 0 Å². The Morgan fingerprint density at radius 3 is 2.88 bits per heavy atom. The molecule has 1 heterocycles. The molecule has 1 aliphatic heterocycles. The molecule has 0 amide bonds. The minimum absolute atomic E-state index is 0.000278. The van der Waals surface area contributed by atoms with Gasteiger partial charge in [-0.3, -0.25) is 0 Å². The molecule has 0 saturated carbocycles. The van der Waals surface area contributed by atoms with Crippen LogP contribution in [0, 0.1) is 0 Å². The summed E-state index contributed by atoms with van der Waals surface area (Å²) in [6, 6.07) is 0. The summed E-state index contributed by atoms with van der Waals surface area (Å²) in [5, 5.41) is 18.7. The SMILES string of the molecule is COC1=C(C(=O)O)C2=C(CC1)C[C@H](N)B(O)O2. The molecule has 0 spiro atoms. The highest BCUT2D eigenvalue weighted by atomic mass is 16.5. The van der Waals surface area contributed by atoms with Crippen molar-refractivity contribution in [2.45, 2.75) is 25.2 Å². The molecule has 0 aromatic rings. The van der Waals surface area contributed by atoms with Crippen LogP contribution in [0.2, 0.25) is 0 Å². The Balaban J connectivity index is 2.43. The van der Waals surface area contributed by atoms with Crippen LogP contribution in [-0.4, -0.2) is 36.3 Å². The molecule has 0 radical (unpaired) electrons. The lowest BCUT2D eigenvalue weighted by Gasteiger charge is -2.31. The van der Waals surface area contributed by atoms with Crippen molar-refractivity contribution in [1.82, 2.24) is 0 Å². The van der Waals surface area contributed by atoms with Crippen molar-refractivity contribution in [3.05, 3.63) is 22.7 Å². The summed E-state index contributed by atoms with van der Waals surface area (Å²) in [5.41, 5.74) is 6.50. The first-order chi connectivity index (χ1) is 8.04. The van der Waals surface area contributed by atoms with Crippen molar-refractivity contribution in [3.8, 4) is 0 Å². The van der Waals surface area contributed by atoms with Crippen LogP contribution in [0.15, 0.2) is 22.7 Å². The van der Waals surface area contributed by atoms with Crippen molar-refractivity contribution in [2.24, 2.45) is 5.73 Å². The van der Waals surface area contributed by atoms with Crippen molar-refractivity contribution >= 4 is 13.1 Å². The molecule has 2 rings (SSSR count). The van der Waals surface area contributed by atoms with E-state index in [-0.39, 0.29) is 11.3 Å². The lowest BCUT2D eigenvalue weighted by molar-refractivity contribution is -0.133. The fourth-order valence-electron chi connectivity index (χ4n) is 2.16. The highest BCUT2D eigenvalue weighted by Crippen LogP contribution is 2.36. The quantitative estimate of drug-likeness (QED) is 0.576. The number of carboxylic acids is 1. The van der Waals surface area contributed by atoms with E-state index in [1.54, 1.807) is 0 Å². The van der Waals surface area contributed by atoms with Gasteiger partial charge in [0.15, 0.2) is 0 Å². The molecule has 0 bridgehead atoms. The Hall–Kier alpha value is -1.47. The summed E-state index contributed by atoms with van der Waals surface area (Å²) in [6.45, 7) is 0. The summed E-state index contributed by atoms with van der Waals surface area (Å²) >= 11 is 0. The second-order valence-electron chi connectivity index (χ2n) is 4.12. The number of nitrogens with two attached hydrogens (primary N) is 1. The molecule has 4 N–H and O–H groups in total. The van der Waals surface area contributed by atoms with E-state index in [1.165, 1.54) is 7.11 Å². The van der Waals surface area contributed by atoms with E-state index in [0.29, 0.717) is 25.0 Å². The first kappa shape index (κ1) is 12.0. The number of aliphatic carboxylic acids is 1. The first-order valence-electron chi connectivity index (χ1n) is 5.37. The summed E-state index contributed by atoms with van der Waals surface area (Å²) in [7, 11) is 0.258. The topological polar surface area (TPSA) is 102 Å². The van der Waals surface area contributed by atoms with Gasteiger partial charge < -0.3 is 25.3 Å². The lowest BCUT2D eigenvalue weighted by atomic mass is 9.71. The Kier molecular flexibility index (Phi) is 3.12. The van der Waals surface area contributed by atoms with Crippen molar-refractivity contribution < 1.29 is 24.3 Å². The molecule has 6 nitrogen and oxygen atoms in total. The maximum Gasteiger partial charge on any atom is 0.540 e. The molecule has 0 aromatic heterocycles. The second kappa shape index (κ2) is 4.42. The Morgan fingerprint density at radius 1 is 1.59 bits per heavy atom. The number of methoxy groups -OCH3 is 1. The Bertz CT molecular complexity index is 417. The van der Waals surface area contributed by atoms with Gasteiger partial charge in [0.25, 0.3) is 0 Å². The van der Waals surface area contributed by atoms with Crippen LogP contribution in [0.1, 0.15) is 19.3 Å². The van der Waals surface area contributed by atoms with Crippen LogP contribution in [0.3, 0.4) is 0 Å². The van der Waals surface area contributed by atoms with Crippen molar-refractivity contribution in [1.29, 1.82) is 0 Å². The molecule has 1 atom stereocenters. The number of carboxylic acid groups (broad SMARTS) is 1. The molecule has 2 aliphatic rings. The summed E-state index contributed by atoms with van der Waals surface area (Å²) < 4.78 is 10.2. The molecule has 0 unspecified atom stereocenters. The van der Waals surface area contributed by atoms with Crippen molar-refractivity contribution in [3.63, 3.8) is 0 Å². The molecule has 1 aliphatic carbocycles.